The number of thiophene rings is 1. The fourth-order valence-corrected chi connectivity index (χ4v) is 3.11. The van der Waals surface area contributed by atoms with Crippen LogP contribution in [0.25, 0.3) is 0 Å². The van der Waals surface area contributed by atoms with E-state index in [-0.39, 0.29) is 0 Å². The van der Waals surface area contributed by atoms with E-state index in [2.05, 4.69) is 55.4 Å². The molecule has 2 aromatic rings. The Morgan fingerprint density at radius 2 is 2.35 bits per heavy atom. The molecule has 0 aliphatic heterocycles. The zero-order valence-electron chi connectivity index (χ0n) is 10.0. The monoisotopic (exact) mass is 313 g/mol. The van der Waals surface area contributed by atoms with Gasteiger partial charge in [0.1, 0.15) is 0 Å². The molecule has 2 rings (SSSR count). The molecule has 17 heavy (non-hydrogen) atoms. The van der Waals surface area contributed by atoms with Crippen molar-refractivity contribution in [1.82, 2.24) is 9.55 Å². The molecule has 92 valence electrons. The van der Waals surface area contributed by atoms with E-state index in [0.29, 0.717) is 0 Å². The number of nitrogens with zero attached hydrogens (tertiary/aromatic N) is 2. The fourth-order valence-electron chi connectivity index (χ4n) is 1.64. The van der Waals surface area contributed by atoms with Gasteiger partial charge in [-0.05, 0) is 40.7 Å². The highest BCUT2D eigenvalue weighted by atomic mass is 79.9. The molecule has 0 saturated heterocycles. The summed E-state index contributed by atoms with van der Waals surface area (Å²) in [4.78, 5) is 5.82. The lowest BCUT2D eigenvalue weighted by Crippen LogP contribution is -2.08. The Kier molecular flexibility index (Phi) is 4.23. The number of hydrogen-bond acceptors (Lipinski definition) is 3. The maximum absolute atomic E-state index is 4.50. The third-order valence-electron chi connectivity index (χ3n) is 2.44. The van der Waals surface area contributed by atoms with E-state index in [9.17, 15) is 0 Å². The molecule has 0 amide bonds. The lowest BCUT2D eigenvalue weighted by molar-refractivity contribution is 0.801. The summed E-state index contributed by atoms with van der Waals surface area (Å²) in [5.41, 5.74) is 1.05. The number of rotatable bonds is 5. The predicted molar refractivity (Wildman–Crippen MR) is 76.9 cm³/mol. The highest BCUT2D eigenvalue weighted by Crippen LogP contribution is 2.24. The summed E-state index contributed by atoms with van der Waals surface area (Å²) in [6.07, 6.45) is 3.19. The zero-order chi connectivity index (χ0) is 12.3. The minimum atomic E-state index is 0.866. The molecule has 0 saturated carbocycles. The van der Waals surface area contributed by atoms with Crippen LogP contribution in [-0.4, -0.2) is 16.1 Å². The summed E-state index contributed by atoms with van der Waals surface area (Å²) in [5.74, 6) is 0.963. The van der Waals surface area contributed by atoms with Crippen LogP contribution in [0.2, 0.25) is 0 Å². The normalized spacial score (nSPS) is 10.8. The van der Waals surface area contributed by atoms with Gasteiger partial charge in [0.2, 0.25) is 5.95 Å². The molecule has 2 heterocycles. The lowest BCUT2D eigenvalue weighted by Gasteiger charge is -2.08. The first-order chi connectivity index (χ1) is 8.20. The number of nitrogens with one attached hydrogen (secondary N) is 1. The Bertz CT molecular complexity index is 490. The van der Waals surface area contributed by atoms with Gasteiger partial charge in [0.25, 0.3) is 0 Å². The van der Waals surface area contributed by atoms with Gasteiger partial charge in [-0.15, -0.1) is 11.3 Å². The average Bonchev–Trinajstić information content (AvgIpc) is 2.84. The Morgan fingerprint density at radius 3 is 3.00 bits per heavy atom. The van der Waals surface area contributed by atoms with Crippen LogP contribution < -0.4 is 5.32 Å². The second kappa shape index (κ2) is 5.69. The summed E-state index contributed by atoms with van der Waals surface area (Å²) in [7, 11) is 0. The third kappa shape index (κ3) is 3.10. The molecular formula is C12H16BrN3S. The molecular weight excluding hydrogens is 298 g/mol. The number of aromatic nitrogens is 2. The topological polar surface area (TPSA) is 29.9 Å². The minimum absolute atomic E-state index is 0.866. The van der Waals surface area contributed by atoms with E-state index in [4.69, 9.17) is 0 Å². The molecule has 1 N–H and O–H groups in total. The lowest BCUT2D eigenvalue weighted by atomic mass is 10.4. The maximum Gasteiger partial charge on any atom is 0.203 e. The molecule has 0 unspecified atom stereocenters. The Hall–Kier alpha value is -0.810. The third-order valence-corrected chi connectivity index (χ3v) is 4.35. The van der Waals surface area contributed by atoms with Crippen molar-refractivity contribution in [2.24, 2.45) is 0 Å². The molecule has 0 radical (unpaired) electrons. The van der Waals surface area contributed by atoms with Gasteiger partial charge >= 0.3 is 0 Å². The molecule has 0 aliphatic carbocycles. The van der Waals surface area contributed by atoms with Crippen LogP contribution in [-0.2, 0) is 6.54 Å². The van der Waals surface area contributed by atoms with Crippen molar-refractivity contribution < 1.29 is 0 Å². The van der Waals surface area contributed by atoms with Gasteiger partial charge in [-0.2, -0.15) is 0 Å². The average molecular weight is 314 g/mol. The standard InChI is InChI=1S/C12H16BrN3S/c1-3-5-14-12-15-9(2)7-16(12)8-11-10(13)4-6-17-11/h4,6-7H,3,5,8H2,1-2H3,(H,14,15). The van der Waals surface area contributed by atoms with E-state index in [1.807, 2.05) is 6.92 Å². The quantitative estimate of drug-likeness (QED) is 0.907. The van der Waals surface area contributed by atoms with Gasteiger partial charge in [0, 0.05) is 22.1 Å². The molecule has 5 heteroatoms. The molecule has 0 aromatic carbocycles. The molecule has 3 nitrogen and oxygen atoms in total. The van der Waals surface area contributed by atoms with Gasteiger partial charge in [-0.25, -0.2) is 4.98 Å². The highest BCUT2D eigenvalue weighted by molar-refractivity contribution is 9.10. The van der Waals surface area contributed by atoms with Crippen molar-refractivity contribution in [2.75, 3.05) is 11.9 Å². The first kappa shape index (κ1) is 12.6. The summed E-state index contributed by atoms with van der Waals surface area (Å²) in [6, 6.07) is 2.09. The van der Waals surface area contributed by atoms with Crippen LogP contribution in [0, 0.1) is 6.92 Å². The summed E-state index contributed by atoms with van der Waals surface area (Å²) in [6.45, 7) is 6.01. The Labute approximate surface area is 114 Å². The number of halogens is 1. The van der Waals surface area contributed by atoms with Crippen LogP contribution in [0.1, 0.15) is 23.9 Å². The smallest absolute Gasteiger partial charge is 0.203 e. The number of hydrogen-bond donors (Lipinski definition) is 1. The number of aryl methyl sites for hydroxylation is 1. The van der Waals surface area contributed by atoms with Crippen molar-refractivity contribution in [3.63, 3.8) is 0 Å². The van der Waals surface area contributed by atoms with Gasteiger partial charge in [0.15, 0.2) is 0 Å². The van der Waals surface area contributed by atoms with Crippen molar-refractivity contribution in [2.45, 2.75) is 26.8 Å². The van der Waals surface area contributed by atoms with Crippen LogP contribution in [0.3, 0.4) is 0 Å². The maximum atomic E-state index is 4.50. The second-order valence-corrected chi connectivity index (χ2v) is 5.81. The van der Waals surface area contributed by atoms with Crippen molar-refractivity contribution in [3.8, 4) is 0 Å². The van der Waals surface area contributed by atoms with Crippen LogP contribution in [0.4, 0.5) is 5.95 Å². The largest absolute Gasteiger partial charge is 0.356 e. The molecule has 0 spiro atoms. The number of imidazole rings is 1. The van der Waals surface area contributed by atoms with E-state index < -0.39 is 0 Å². The van der Waals surface area contributed by atoms with Crippen LogP contribution >= 0.6 is 27.3 Å². The highest BCUT2D eigenvalue weighted by Gasteiger charge is 2.08. The van der Waals surface area contributed by atoms with E-state index in [1.165, 1.54) is 9.35 Å². The van der Waals surface area contributed by atoms with Crippen molar-refractivity contribution in [3.05, 3.63) is 32.7 Å². The summed E-state index contributed by atoms with van der Waals surface area (Å²) < 4.78 is 3.34. The Morgan fingerprint density at radius 1 is 1.53 bits per heavy atom. The summed E-state index contributed by atoms with van der Waals surface area (Å²) in [5, 5.41) is 5.46. The summed E-state index contributed by atoms with van der Waals surface area (Å²) >= 11 is 5.33. The molecule has 0 atom stereocenters. The van der Waals surface area contributed by atoms with Gasteiger partial charge in [-0.1, -0.05) is 6.92 Å². The fraction of sp³-hybridized carbons (Fsp3) is 0.417. The zero-order valence-corrected chi connectivity index (χ0v) is 12.4. The molecule has 0 bridgehead atoms. The van der Waals surface area contributed by atoms with Gasteiger partial charge < -0.3 is 9.88 Å². The molecule has 0 aliphatic rings. The predicted octanol–water partition coefficient (Wildman–Crippen LogP) is 3.89. The number of anilines is 1. The Balaban J connectivity index is 2.17. The first-order valence-corrected chi connectivity index (χ1v) is 7.37. The molecule has 0 fully saturated rings. The molecule has 2 aromatic heterocycles. The first-order valence-electron chi connectivity index (χ1n) is 5.70. The minimum Gasteiger partial charge on any atom is -0.356 e. The van der Waals surface area contributed by atoms with Crippen molar-refractivity contribution >= 4 is 33.2 Å². The second-order valence-electron chi connectivity index (χ2n) is 3.95. The van der Waals surface area contributed by atoms with Crippen LogP contribution in [0.5, 0.6) is 0 Å². The van der Waals surface area contributed by atoms with Gasteiger partial charge in [-0.3, -0.25) is 0 Å². The van der Waals surface area contributed by atoms with Crippen molar-refractivity contribution in [1.29, 1.82) is 0 Å². The van der Waals surface area contributed by atoms with Gasteiger partial charge in [0.05, 0.1) is 12.2 Å². The van der Waals surface area contributed by atoms with E-state index >= 15 is 0 Å². The van der Waals surface area contributed by atoms with E-state index in [0.717, 1.165) is 31.2 Å². The van der Waals surface area contributed by atoms with E-state index in [1.54, 1.807) is 11.3 Å². The van der Waals surface area contributed by atoms with Crippen LogP contribution in [0.15, 0.2) is 22.1 Å². The SMILES string of the molecule is CCCNc1nc(C)cn1Cc1sccc1Br.